The molecule has 2 heterocycles. The van der Waals surface area contributed by atoms with E-state index in [9.17, 15) is 0 Å². The van der Waals surface area contributed by atoms with Crippen LogP contribution in [0.4, 0.5) is 17.5 Å². The molecule has 0 unspecified atom stereocenters. The van der Waals surface area contributed by atoms with E-state index in [-0.39, 0.29) is 0 Å². The van der Waals surface area contributed by atoms with Crippen molar-refractivity contribution in [2.45, 2.75) is 82.3 Å². The van der Waals surface area contributed by atoms with E-state index in [1.807, 2.05) is 18.2 Å². The highest BCUT2D eigenvalue weighted by Crippen LogP contribution is 2.35. The Morgan fingerprint density at radius 2 is 1.73 bits per heavy atom. The van der Waals surface area contributed by atoms with Crippen molar-refractivity contribution in [2.75, 3.05) is 16.8 Å². The van der Waals surface area contributed by atoms with E-state index in [0.29, 0.717) is 52.5 Å². The molecule has 176 valence electrons. The predicted octanol–water partition coefficient (Wildman–Crippen LogP) is 4.42. The van der Waals surface area contributed by atoms with Gasteiger partial charge in [0.1, 0.15) is 5.82 Å². The zero-order valence-corrected chi connectivity index (χ0v) is 19.7. The maximum absolute atomic E-state index is 6.41. The third-order valence-corrected chi connectivity index (χ3v) is 7.51. The molecule has 0 aliphatic heterocycles. The molecular weight excluding hydrogens is 436 g/mol. The highest BCUT2D eigenvalue weighted by molar-refractivity contribution is 6.33. The number of para-hydroxylation sites is 1. The van der Waals surface area contributed by atoms with Crippen LogP contribution in [-0.4, -0.2) is 31.6 Å². The molecule has 2 saturated carbocycles. The van der Waals surface area contributed by atoms with Gasteiger partial charge in [-0.25, -0.2) is 4.98 Å². The van der Waals surface area contributed by atoms with Crippen LogP contribution in [0.25, 0.3) is 11.2 Å². The van der Waals surface area contributed by atoms with Gasteiger partial charge in [0.25, 0.3) is 0 Å². The molecule has 0 bridgehead atoms. The molecule has 2 aliphatic rings. The largest absolute Gasteiger partial charge is 0.397 e. The quantitative estimate of drug-likeness (QED) is 0.407. The molecule has 0 atom stereocenters. The third-order valence-electron chi connectivity index (χ3n) is 7.18. The lowest BCUT2D eigenvalue weighted by Gasteiger charge is -2.27. The van der Waals surface area contributed by atoms with Crippen molar-refractivity contribution in [1.82, 2.24) is 19.5 Å². The number of fused-ring (bicyclic) bond motifs is 1. The Morgan fingerprint density at radius 1 is 0.970 bits per heavy atom. The Morgan fingerprint density at radius 3 is 2.48 bits per heavy atom. The average molecular weight is 469 g/mol. The lowest BCUT2D eigenvalue weighted by Crippen LogP contribution is -2.33. The fourth-order valence-corrected chi connectivity index (χ4v) is 5.50. The summed E-state index contributed by atoms with van der Waals surface area (Å²) in [5.41, 5.74) is 21.8. The Labute approximate surface area is 199 Å². The molecule has 7 N–H and O–H groups in total. The van der Waals surface area contributed by atoms with Gasteiger partial charge in [0.05, 0.1) is 10.7 Å². The Bertz CT molecular complexity index is 1130. The number of nitrogens with one attached hydrogen (secondary N) is 1. The van der Waals surface area contributed by atoms with Crippen LogP contribution in [0.2, 0.25) is 5.02 Å². The first-order chi connectivity index (χ1) is 16.0. The van der Waals surface area contributed by atoms with E-state index >= 15 is 0 Å². The van der Waals surface area contributed by atoms with Gasteiger partial charge in [0.15, 0.2) is 17.0 Å². The second-order valence-electron chi connectivity index (χ2n) is 9.54. The number of nitrogens with two attached hydrogens (primary N) is 3. The summed E-state index contributed by atoms with van der Waals surface area (Å²) in [6.45, 7) is 0. The van der Waals surface area contributed by atoms with E-state index in [1.165, 1.54) is 19.3 Å². The second-order valence-corrected chi connectivity index (χ2v) is 9.95. The zero-order valence-electron chi connectivity index (χ0n) is 18.9. The first kappa shape index (κ1) is 22.2. The minimum absolute atomic E-state index is 0.297. The van der Waals surface area contributed by atoms with Gasteiger partial charge in [-0.2, -0.15) is 9.97 Å². The first-order valence-corrected chi connectivity index (χ1v) is 12.5. The molecule has 0 spiro atoms. The topological polar surface area (TPSA) is 134 Å². The predicted molar refractivity (Wildman–Crippen MR) is 134 cm³/mol. The second kappa shape index (κ2) is 9.35. The SMILES string of the molecule is Nc1c(Cl)cccc1Cc1nc2c(N)nc(NC3CCC(N)CC3)nc2n1C1CCCCC1. The molecule has 2 aromatic heterocycles. The van der Waals surface area contributed by atoms with Gasteiger partial charge >= 0.3 is 0 Å². The van der Waals surface area contributed by atoms with Crippen molar-refractivity contribution in [3.05, 3.63) is 34.6 Å². The van der Waals surface area contributed by atoms with Crippen LogP contribution >= 0.6 is 11.6 Å². The lowest BCUT2D eigenvalue weighted by atomic mass is 9.92. The Kier molecular flexibility index (Phi) is 6.29. The van der Waals surface area contributed by atoms with Crippen LogP contribution in [0, 0.1) is 0 Å². The van der Waals surface area contributed by atoms with Crippen molar-refractivity contribution in [1.29, 1.82) is 0 Å². The minimum Gasteiger partial charge on any atom is -0.397 e. The molecule has 33 heavy (non-hydrogen) atoms. The number of aromatic nitrogens is 4. The molecule has 2 fully saturated rings. The maximum atomic E-state index is 6.41. The number of nitrogen functional groups attached to an aromatic ring is 2. The summed E-state index contributed by atoms with van der Waals surface area (Å²) >= 11 is 6.28. The summed E-state index contributed by atoms with van der Waals surface area (Å²) in [6.07, 6.45) is 10.5. The van der Waals surface area contributed by atoms with E-state index < -0.39 is 0 Å². The highest BCUT2D eigenvalue weighted by Gasteiger charge is 2.26. The van der Waals surface area contributed by atoms with Crippen LogP contribution in [0.3, 0.4) is 0 Å². The molecule has 0 amide bonds. The molecular formula is C24H33ClN8. The van der Waals surface area contributed by atoms with Crippen molar-refractivity contribution < 1.29 is 0 Å². The van der Waals surface area contributed by atoms with Crippen LogP contribution in [0.1, 0.15) is 75.2 Å². The van der Waals surface area contributed by atoms with Crippen LogP contribution in [0.15, 0.2) is 18.2 Å². The highest BCUT2D eigenvalue weighted by atomic mass is 35.5. The Balaban J connectivity index is 1.54. The fraction of sp³-hybridized carbons (Fsp3) is 0.542. The summed E-state index contributed by atoms with van der Waals surface area (Å²) in [7, 11) is 0. The third kappa shape index (κ3) is 4.59. The van der Waals surface area contributed by atoms with Gasteiger partial charge < -0.3 is 27.1 Å². The van der Waals surface area contributed by atoms with Crippen molar-refractivity contribution in [3.63, 3.8) is 0 Å². The minimum atomic E-state index is 0.297. The molecule has 5 rings (SSSR count). The summed E-state index contributed by atoms with van der Waals surface area (Å²) in [4.78, 5) is 14.4. The van der Waals surface area contributed by atoms with Crippen LogP contribution in [0.5, 0.6) is 0 Å². The van der Waals surface area contributed by atoms with Gasteiger partial charge in [-0.15, -0.1) is 0 Å². The normalized spacial score (nSPS) is 22.0. The standard InChI is InChI=1S/C24H33ClN8/c25-18-8-4-5-14(20(18)27)13-19-30-21-22(28)31-24(29-16-11-9-15(26)10-12-16)32-23(21)33(19)17-6-2-1-3-7-17/h4-5,8,15-17H,1-3,6-7,9-13,26-27H2,(H3,28,29,31,32). The van der Waals surface area contributed by atoms with Crippen molar-refractivity contribution >= 4 is 40.2 Å². The molecule has 8 nitrogen and oxygen atoms in total. The van der Waals surface area contributed by atoms with E-state index in [1.54, 1.807) is 0 Å². The van der Waals surface area contributed by atoms with Gasteiger partial charge in [-0.3, -0.25) is 0 Å². The Hall–Kier alpha value is -2.58. The van der Waals surface area contributed by atoms with Gasteiger partial charge in [-0.05, 0) is 50.2 Å². The lowest BCUT2D eigenvalue weighted by molar-refractivity contribution is 0.352. The van der Waals surface area contributed by atoms with Crippen molar-refractivity contribution in [3.8, 4) is 0 Å². The smallest absolute Gasteiger partial charge is 0.226 e. The molecule has 9 heteroatoms. The number of hydrogen-bond acceptors (Lipinski definition) is 7. The van der Waals surface area contributed by atoms with Crippen LogP contribution < -0.4 is 22.5 Å². The van der Waals surface area contributed by atoms with E-state index in [2.05, 4.69) is 14.9 Å². The molecule has 3 aromatic rings. The summed E-state index contributed by atoms with van der Waals surface area (Å²) in [5.74, 6) is 1.89. The molecule has 1 aromatic carbocycles. The number of nitrogens with zero attached hydrogens (tertiary/aromatic N) is 4. The fourth-order valence-electron chi connectivity index (χ4n) is 5.30. The van der Waals surface area contributed by atoms with Crippen molar-refractivity contribution in [2.24, 2.45) is 5.73 Å². The average Bonchev–Trinajstić information content (AvgIpc) is 3.17. The number of imidazole rings is 1. The summed E-state index contributed by atoms with van der Waals surface area (Å²) in [6, 6.07) is 6.69. The van der Waals surface area contributed by atoms with Gasteiger partial charge in [0, 0.05) is 24.5 Å². The zero-order chi connectivity index (χ0) is 22.9. The molecule has 2 aliphatic carbocycles. The van der Waals surface area contributed by atoms with E-state index in [0.717, 1.165) is 55.6 Å². The van der Waals surface area contributed by atoms with Gasteiger partial charge in [0.2, 0.25) is 5.95 Å². The number of rotatable bonds is 5. The number of benzene rings is 1. The summed E-state index contributed by atoms with van der Waals surface area (Å²) < 4.78 is 2.29. The van der Waals surface area contributed by atoms with Gasteiger partial charge in [-0.1, -0.05) is 43.0 Å². The maximum Gasteiger partial charge on any atom is 0.226 e. The number of hydrogen-bond donors (Lipinski definition) is 4. The first-order valence-electron chi connectivity index (χ1n) is 12.1. The molecule has 0 radical (unpaired) electrons. The summed E-state index contributed by atoms with van der Waals surface area (Å²) in [5, 5.41) is 4.06. The van der Waals surface area contributed by atoms with Crippen LogP contribution in [-0.2, 0) is 6.42 Å². The van der Waals surface area contributed by atoms with E-state index in [4.69, 9.17) is 38.8 Å². The molecule has 0 saturated heterocycles. The number of anilines is 3. The number of halogens is 1. The monoisotopic (exact) mass is 468 g/mol.